The van der Waals surface area contributed by atoms with E-state index in [1.54, 1.807) is 24.1 Å². The molecule has 1 aromatic heterocycles. The summed E-state index contributed by atoms with van der Waals surface area (Å²) < 4.78 is 0. The van der Waals surface area contributed by atoms with Gasteiger partial charge in [-0.2, -0.15) is 0 Å². The van der Waals surface area contributed by atoms with Crippen molar-refractivity contribution in [1.82, 2.24) is 9.88 Å². The quantitative estimate of drug-likeness (QED) is 0.520. The van der Waals surface area contributed by atoms with Crippen LogP contribution in [0.3, 0.4) is 0 Å². The number of hydrogen-bond donors (Lipinski definition) is 3. The molecular weight excluding hydrogens is 232 g/mol. The Morgan fingerprint density at radius 1 is 1.67 bits per heavy atom. The normalized spacial score (nSPS) is 23.8. The Balaban J connectivity index is 2.20. The van der Waals surface area contributed by atoms with Gasteiger partial charge in [-0.1, -0.05) is 0 Å². The lowest BCUT2D eigenvalue weighted by molar-refractivity contribution is -0.0107. The fourth-order valence-electron chi connectivity index (χ4n) is 2.26. The van der Waals surface area contributed by atoms with Crippen molar-refractivity contribution in [3.05, 3.63) is 24.0 Å². The molecule has 0 saturated carbocycles. The number of aliphatic hydroxyl groups is 1. The maximum Gasteiger partial charge on any atom is 0.256 e. The zero-order valence-electron chi connectivity index (χ0n) is 10.4. The van der Waals surface area contributed by atoms with Gasteiger partial charge in [0.05, 0.1) is 23.0 Å². The summed E-state index contributed by atoms with van der Waals surface area (Å²) in [7, 11) is 0. The average molecular weight is 250 g/mol. The first kappa shape index (κ1) is 12.8. The zero-order valence-corrected chi connectivity index (χ0v) is 10.4. The fourth-order valence-corrected chi connectivity index (χ4v) is 2.26. The topological polar surface area (TPSA) is 91.5 Å². The summed E-state index contributed by atoms with van der Waals surface area (Å²) in [5.74, 6) is 5.23. The lowest BCUT2D eigenvalue weighted by Gasteiger charge is -2.37. The van der Waals surface area contributed by atoms with Crippen molar-refractivity contribution < 1.29 is 9.90 Å². The first-order valence-corrected chi connectivity index (χ1v) is 5.96. The van der Waals surface area contributed by atoms with E-state index in [9.17, 15) is 9.90 Å². The van der Waals surface area contributed by atoms with Gasteiger partial charge < -0.3 is 15.4 Å². The van der Waals surface area contributed by atoms with Crippen molar-refractivity contribution in [2.24, 2.45) is 5.84 Å². The van der Waals surface area contributed by atoms with Crippen molar-refractivity contribution in [3.8, 4) is 0 Å². The van der Waals surface area contributed by atoms with Crippen LogP contribution in [0.5, 0.6) is 0 Å². The summed E-state index contributed by atoms with van der Waals surface area (Å²) in [6.45, 7) is 2.75. The van der Waals surface area contributed by atoms with Gasteiger partial charge in [-0.15, -0.1) is 0 Å². The number of amides is 1. The third kappa shape index (κ3) is 2.60. The Hall–Kier alpha value is -1.66. The van der Waals surface area contributed by atoms with Crippen molar-refractivity contribution in [2.75, 3.05) is 18.5 Å². The zero-order chi connectivity index (χ0) is 13.2. The molecule has 1 aromatic rings. The van der Waals surface area contributed by atoms with Gasteiger partial charge in [0.15, 0.2) is 0 Å². The minimum absolute atomic E-state index is 0.134. The van der Waals surface area contributed by atoms with Crippen molar-refractivity contribution in [3.63, 3.8) is 0 Å². The molecule has 1 fully saturated rings. The summed E-state index contributed by atoms with van der Waals surface area (Å²) in [5, 5.41) is 10.0. The lowest BCUT2D eigenvalue weighted by atomic mass is 9.94. The predicted octanol–water partition coefficient (Wildman–Crippen LogP) is 0.354. The van der Waals surface area contributed by atoms with Crippen LogP contribution < -0.4 is 11.3 Å². The van der Waals surface area contributed by atoms with Crippen LogP contribution in [0.4, 0.5) is 5.69 Å². The van der Waals surface area contributed by atoms with Gasteiger partial charge >= 0.3 is 0 Å². The minimum atomic E-state index is -0.808. The summed E-state index contributed by atoms with van der Waals surface area (Å²) in [6.07, 6.45) is 4.58. The number of rotatable bonds is 2. The number of carbonyl (C=O) groups excluding carboxylic acids is 1. The molecule has 0 spiro atoms. The van der Waals surface area contributed by atoms with E-state index in [-0.39, 0.29) is 5.91 Å². The molecule has 6 nitrogen and oxygen atoms in total. The van der Waals surface area contributed by atoms with Crippen LogP contribution in [0.15, 0.2) is 18.5 Å². The Morgan fingerprint density at radius 2 is 2.44 bits per heavy atom. The number of aromatic nitrogens is 1. The van der Waals surface area contributed by atoms with E-state index < -0.39 is 5.60 Å². The molecule has 4 N–H and O–H groups in total. The third-order valence-electron chi connectivity index (χ3n) is 3.17. The number of anilines is 1. The lowest BCUT2D eigenvalue weighted by Crippen LogP contribution is -2.48. The smallest absolute Gasteiger partial charge is 0.256 e. The highest BCUT2D eigenvalue weighted by Gasteiger charge is 2.31. The molecule has 0 radical (unpaired) electrons. The second kappa shape index (κ2) is 4.91. The standard InChI is InChI=1S/C12H18N4O2/c1-12(18)4-2-6-16(8-12)11(17)9-3-5-14-7-10(9)15-13/h3,5,7,15,18H,2,4,6,8,13H2,1H3. The molecule has 1 saturated heterocycles. The number of nitrogens with zero attached hydrogens (tertiary/aromatic N) is 2. The molecule has 98 valence electrons. The molecule has 1 amide bonds. The highest BCUT2D eigenvalue weighted by molar-refractivity contribution is 5.99. The van der Waals surface area contributed by atoms with Crippen molar-refractivity contribution in [2.45, 2.75) is 25.4 Å². The Bertz CT molecular complexity index is 447. The van der Waals surface area contributed by atoms with E-state index in [4.69, 9.17) is 5.84 Å². The number of piperidine rings is 1. The number of nitrogens with two attached hydrogens (primary N) is 1. The molecule has 1 aliphatic heterocycles. The van der Waals surface area contributed by atoms with Gasteiger partial charge in [-0.25, -0.2) is 0 Å². The van der Waals surface area contributed by atoms with Crippen LogP contribution in [0.25, 0.3) is 0 Å². The number of hydrogen-bond acceptors (Lipinski definition) is 5. The van der Waals surface area contributed by atoms with Gasteiger partial charge in [0, 0.05) is 19.3 Å². The van der Waals surface area contributed by atoms with E-state index in [0.717, 1.165) is 12.8 Å². The van der Waals surface area contributed by atoms with Gasteiger partial charge in [0.2, 0.25) is 0 Å². The molecule has 18 heavy (non-hydrogen) atoms. The number of nitrogen functional groups attached to an aromatic ring is 1. The molecule has 0 bridgehead atoms. The number of pyridine rings is 1. The monoisotopic (exact) mass is 250 g/mol. The van der Waals surface area contributed by atoms with E-state index >= 15 is 0 Å². The first-order valence-electron chi connectivity index (χ1n) is 5.96. The molecule has 1 unspecified atom stereocenters. The predicted molar refractivity (Wildman–Crippen MR) is 67.8 cm³/mol. The highest BCUT2D eigenvalue weighted by atomic mass is 16.3. The van der Waals surface area contributed by atoms with E-state index in [0.29, 0.717) is 24.3 Å². The number of carbonyl (C=O) groups is 1. The first-order chi connectivity index (χ1) is 8.53. The summed E-state index contributed by atoms with van der Waals surface area (Å²) in [5.41, 5.74) is 2.63. The molecule has 2 heterocycles. The summed E-state index contributed by atoms with van der Waals surface area (Å²) >= 11 is 0. The van der Waals surface area contributed by atoms with E-state index in [1.807, 2.05) is 0 Å². The maximum atomic E-state index is 12.4. The van der Waals surface area contributed by atoms with E-state index in [1.165, 1.54) is 6.20 Å². The second-order valence-corrected chi connectivity index (χ2v) is 4.89. The molecule has 1 aliphatic rings. The average Bonchev–Trinajstić information content (AvgIpc) is 2.36. The number of nitrogens with one attached hydrogen (secondary N) is 1. The SMILES string of the molecule is CC1(O)CCCN(C(=O)c2ccncc2NN)C1. The van der Waals surface area contributed by atoms with Gasteiger partial charge in [0.25, 0.3) is 5.91 Å². The minimum Gasteiger partial charge on any atom is -0.388 e. The third-order valence-corrected chi connectivity index (χ3v) is 3.17. The number of hydrazine groups is 1. The number of likely N-dealkylation sites (tertiary alicyclic amines) is 1. The van der Waals surface area contributed by atoms with Gasteiger partial charge in [-0.3, -0.25) is 15.6 Å². The fraction of sp³-hybridized carbons (Fsp3) is 0.500. The highest BCUT2D eigenvalue weighted by Crippen LogP contribution is 2.23. The van der Waals surface area contributed by atoms with Gasteiger partial charge in [-0.05, 0) is 25.8 Å². The van der Waals surface area contributed by atoms with Crippen LogP contribution in [0, 0.1) is 0 Å². The van der Waals surface area contributed by atoms with Gasteiger partial charge in [0.1, 0.15) is 0 Å². The molecule has 1 atom stereocenters. The van der Waals surface area contributed by atoms with Crippen LogP contribution in [-0.4, -0.2) is 39.6 Å². The number of β-amino-alcohol motifs (C(OH)–C–C–N with tert-alkyl or cyclic N) is 1. The van der Waals surface area contributed by atoms with E-state index in [2.05, 4.69) is 10.4 Å². The summed E-state index contributed by atoms with van der Waals surface area (Å²) in [4.78, 5) is 17.9. The van der Waals surface area contributed by atoms with Crippen LogP contribution in [-0.2, 0) is 0 Å². The van der Waals surface area contributed by atoms with Crippen LogP contribution >= 0.6 is 0 Å². The molecule has 6 heteroatoms. The molecular formula is C12H18N4O2. The van der Waals surface area contributed by atoms with Crippen molar-refractivity contribution in [1.29, 1.82) is 0 Å². The second-order valence-electron chi connectivity index (χ2n) is 4.89. The Kier molecular flexibility index (Phi) is 3.49. The largest absolute Gasteiger partial charge is 0.388 e. The molecule has 0 aliphatic carbocycles. The van der Waals surface area contributed by atoms with Crippen LogP contribution in [0.2, 0.25) is 0 Å². The van der Waals surface area contributed by atoms with Crippen molar-refractivity contribution >= 4 is 11.6 Å². The van der Waals surface area contributed by atoms with Crippen LogP contribution in [0.1, 0.15) is 30.1 Å². The maximum absolute atomic E-state index is 12.4. The molecule has 2 rings (SSSR count). The Labute approximate surface area is 106 Å². The molecule has 0 aromatic carbocycles. The Morgan fingerprint density at radius 3 is 3.11 bits per heavy atom. The summed E-state index contributed by atoms with van der Waals surface area (Å²) in [6, 6.07) is 1.63.